The summed E-state index contributed by atoms with van der Waals surface area (Å²) in [4.78, 5) is 0. The van der Waals surface area contributed by atoms with Gasteiger partial charge in [0.05, 0.1) is 0 Å². The number of hydrogen-bond acceptors (Lipinski definition) is 1. The maximum Gasteiger partial charge on any atom is 0.0352 e. The zero-order valence-corrected chi connectivity index (χ0v) is 7.79. The lowest BCUT2D eigenvalue weighted by molar-refractivity contribution is 1.23. The van der Waals surface area contributed by atoms with E-state index in [9.17, 15) is 0 Å². The molecule has 0 radical (unpaired) electrons. The third kappa shape index (κ3) is 2.48. The van der Waals surface area contributed by atoms with Crippen LogP contribution in [0.1, 0.15) is 11.1 Å². The Morgan fingerprint density at radius 2 is 1.85 bits per heavy atom. The Morgan fingerprint density at radius 1 is 1.15 bits per heavy atom. The summed E-state index contributed by atoms with van der Waals surface area (Å²) in [5.41, 5.74) is 9.05. The van der Waals surface area contributed by atoms with Crippen molar-refractivity contribution in [3.05, 3.63) is 54.6 Å². The maximum atomic E-state index is 5.86. The van der Waals surface area contributed by atoms with E-state index >= 15 is 0 Å². The first-order chi connectivity index (χ1) is 6.27. The van der Waals surface area contributed by atoms with E-state index in [4.69, 9.17) is 5.73 Å². The fraction of sp³-hybridized carbons (Fsp3) is 0.167. The second-order valence-corrected chi connectivity index (χ2v) is 3.02. The van der Waals surface area contributed by atoms with Crippen LogP contribution in [0.2, 0.25) is 0 Å². The van der Waals surface area contributed by atoms with Crippen molar-refractivity contribution in [1.82, 2.24) is 0 Å². The number of benzene rings is 1. The second kappa shape index (κ2) is 4.51. The van der Waals surface area contributed by atoms with Gasteiger partial charge in [-0.2, -0.15) is 0 Å². The molecule has 0 spiro atoms. The molecule has 0 saturated heterocycles. The van der Waals surface area contributed by atoms with Gasteiger partial charge in [0.25, 0.3) is 0 Å². The van der Waals surface area contributed by atoms with Gasteiger partial charge in [0.15, 0.2) is 0 Å². The van der Waals surface area contributed by atoms with Crippen LogP contribution in [0.3, 0.4) is 0 Å². The fourth-order valence-corrected chi connectivity index (χ4v) is 1.28. The highest BCUT2D eigenvalue weighted by Crippen LogP contribution is 2.15. The van der Waals surface area contributed by atoms with E-state index in [1.165, 1.54) is 5.56 Å². The molecule has 13 heavy (non-hydrogen) atoms. The minimum Gasteiger partial charge on any atom is -0.398 e. The van der Waals surface area contributed by atoms with E-state index in [1.807, 2.05) is 18.2 Å². The van der Waals surface area contributed by atoms with Crippen LogP contribution < -0.4 is 5.73 Å². The van der Waals surface area contributed by atoms with Crippen molar-refractivity contribution in [3.8, 4) is 0 Å². The first kappa shape index (κ1) is 9.59. The molecule has 68 valence electrons. The molecular formula is C12H15N. The molecule has 0 saturated carbocycles. The van der Waals surface area contributed by atoms with E-state index in [-0.39, 0.29) is 0 Å². The quantitative estimate of drug-likeness (QED) is 0.550. The maximum absolute atomic E-state index is 5.86. The van der Waals surface area contributed by atoms with Crippen LogP contribution in [0.4, 0.5) is 5.69 Å². The number of allylic oxidation sites excluding steroid dienone is 2. The van der Waals surface area contributed by atoms with Crippen LogP contribution in [0.5, 0.6) is 0 Å². The van der Waals surface area contributed by atoms with Gasteiger partial charge in [-0.1, -0.05) is 24.3 Å². The molecule has 1 aromatic carbocycles. The number of anilines is 1. The summed E-state index contributed by atoms with van der Waals surface area (Å²) in [5.74, 6) is 0. The molecule has 0 unspecified atom stereocenters. The van der Waals surface area contributed by atoms with Gasteiger partial charge in [0, 0.05) is 5.69 Å². The van der Waals surface area contributed by atoms with Crippen molar-refractivity contribution in [2.45, 2.75) is 12.8 Å². The highest BCUT2D eigenvalue weighted by molar-refractivity contribution is 5.50. The molecule has 1 aromatic rings. The lowest BCUT2D eigenvalue weighted by atomic mass is 10.0. The van der Waals surface area contributed by atoms with E-state index in [1.54, 1.807) is 0 Å². The summed E-state index contributed by atoms with van der Waals surface area (Å²) in [6.07, 6.45) is 5.44. The predicted molar refractivity (Wildman–Crippen MR) is 58.7 cm³/mol. The Hall–Kier alpha value is -1.50. The highest BCUT2D eigenvalue weighted by atomic mass is 14.6. The van der Waals surface area contributed by atoms with Crippen molar-refractivity contribution in [1.29, 1.82) is 0 Å². The Balaban J connectivity index is 2.90. The lowest BCUT2D eigenvalue weighted by Gasteiger charge is -2.04. The summed E-state index contributed by atoms with van der Waals surface area (Å²) < 4.78 is 0. The molecule has 0 heterocycles. The van der Waals surface area contributed by atoms with Crippen molar-refractivity contribution < 1.29 is 0 Å². The van der Waals surface area contributed by atoms with Gasteiger partial charge >= 0.3 is 0 Å². The summed E-state index contributed by atoms with van der Waals surface area (Å²) in [7, 11) is 0. The van der Waals surface area contributed by atoms with E-state index in [2.05, 4.69) is 25.3 Å². The summed E-state index contributed by atoms with van der Waals surface area (Å²) in [6.45, 7) is 7.37. The van der Waals surface area contributed by atoms with Crippen LogP contribution in [0.15, 0.2) is 43.5 Å². The van der Waals surface area contributed by atoms with Gasteiger partial charge in [0.2, 0.25) is 0 Å². The zero-order chi connectivity index (χ0) is 9.68. The molecule has 0 amide bonds. The second-order valence-electron chi connectivity index (χ2n) is 3.02. The molecule has 1 heteroatoms. The third-order valence-corrected chi connectivity index (χ3v) is 1.95. The molecule has 0 fully saturated rings. The molecular weight excluding hydrogens is 158 g/mol. The molecule has 1 nitrogen and oxygen atoms in total. The van der Waals surface area contributed by atoms with Crippen molar-refractivity contribution in [3.63, 3.8) is 0 Å². The minimum absolute atomic E-state index is 0.834. The topological polar surface area (TPSA) is 26.0 Å². The van der Waals surface area contributed by atoms with Gasteiger partial charge in [-0.25, -0.2) is 0 Å². The van der Waals surface area contributed by atoms with Crippen LogP contribution in [-0.4, -0.2) is 0 Å². The van der Waals surface area contributed by atoms with Crippen molar-refractivity contribution in [2.24, 2.45) is 0 Å². The number of nitrogen functional groups attached to an aromatic ring is 1. The monoisotopic (exact) mass is 173 g/mol. The Morgan fingerprint density at radius 3 is 2.38 bits per heavy atom. The number of rotatable bonds is 4. The van der Waals surface area contributed by atoms with Crippen LogP contribution in [-0.2, 0) is 12.8 Å². The average Bonchev–Trinajstić information content (AvgIpc) is 2.10. The standard InChI is InChI=1S/C12H15N/c1-3-5-10-7-8-11(6-4-2)12(13)9-10/h3-4,7-9H,1-2,5-6,13H2. The first-order valence-electron chi connectivity index (χ1n) is 4.37. The van der Waals surface area contributed by atoms with Gasteiger partial charge in [-0.05, 0) is 30.0 Å². The molecule has 1 rings (SSSR count). The van der Waals surface area contributed by atoms with E-state index < -0.39 is 0 Å². The van der Waals surface area contributed by atoms with Crippen LogP contribution >= 0.6 is 0 Å². The van der Waals surface area contributed by atoms with Gasteiger partial charge < -0.3 is 5.73 Å². The normalized spacial score (nSPS) is 9.54. The van der Waals surface area contributed by atoms with Crippen molar-refractivity contribution in [2.75, 3.05) is 5.73 Å². The SMILES string of the molecule is C=CCc1ccc(CC=C)c(N)c1. The molecule has 0 bridgehead atoms. The predicted octanol–water partition coefficient (Wildman–Crippen LogP) is 2.73. The largest absolute Gasteiger partial charge is 0.398 e. The smallest absolute Gasteiger partial charge is 0.0352 e. The summed E-state index contributed by atoms with van der Waals surface area (Å²) >= 11 is 0. The summed E-state index contributed by atoms with van der Waals surface area (Å²) in [5, 5.41) is 0. The van der Waals surface area contributed by atoms with Crippen LogP contribution in [0, 0.1) is 0 Å². The summed E-state index contributed by atoms with van der Waals surface area (Å²) in [6, 6.07) is 6.13. The Bertz CT molecular complexity index is 313. The molecule has 0 atom stereocenters. The molecule has 0 aliphatic carbocycles. The van der Waals surface area contributed by atoms with E-state index in [0.29, 0.717) is 0 Å². The molecule has 2 N–H and O–H groups in total. The molecule has 0 aromatic heterocycles. The minimum atomic E-state index is 0.834. The van der Waals surface area contributed by atoms with Crippen LogP contribution in [0.25, 0.3) is 0 Å². The van der Waals surface area contributed by atoms with Gasteiger partial charge in [-0.15, -0.1) is 13.2 Å². The molecule has 0 aliphatic heterocycles. The highest BCUT2D eigenvalue weighted by Gasteiger charge is 1.97. The average molecular weight is 173 g/mol. The van der Waals surface area contributed by atoms with Gasteiger partial charge in [0.1, 0.15) is 0 Å². The Kier molecular flexibility index (Phi) is 3.32. The van der Waals surface area contributed by atoms with Gasteiger partial charge in [-0.3, -0.25) is 0 Å². The van der Waals surface area contributed by atoms with Crippen molar-refractivity contribution >= 4 is 5.69 Å². The number of nitrogens with two attached hydrogens (primary N) is 1. The lowest BCUT2D eigenvalue weighted by Crippen LogP contribution is -1.94. The Labute approximate surface area is 79.6 Å². The van der Waals surface area contributed by atoms with E-state index in [0.717, 1.165) is 24.1 Å². The first-order valence-corrected chi connectivity index (χ1v) is 4.37. The zero-order valence-electron chi connectivity index (χ0n) is 7.79. The number of hydrogen-bond donors (Lipinski definition) is 1. The third-order valence-electron chi connectivity index (χ3n) is 1.95. The molecule has 0 aliphatic rings. The fourth-order valence-electron chi connectivity index (χ4n) is 1.28.